The minimum Gasteiger partial charge on any atom is -0.379 e. The molecular formula is C17H20N6O2S. The summed E-state index contributed by atoms with van der Waals surface area (Å²) in [6.45, 7) is 4.87. The van der Waals surface area contributed by atoms with Crippen molar-refractivity contribution in [2.75, 3.05) is 45.1 Å². The highest BCUT2D eigenvalue weighted by molar-refractivity contribution is 7.99. The van der Waals surface area contributed by atoms with Gasteiger partial charge in [0.2, 0.25) is 11.1 Å². The number of para-hydroxylation sites is 1. The van der Waals surface area contributed by atoms with Gasteiger partial charge in [0.25, 0.3) is 0 Å². The minimum absolute atomic E-state index is 0.0244. The quantitative estimate of drug-likeness (QED) is 0.624. The Balaban J connectivity index is 1.29. The zero-order chi connectivity index (χ0) is 17.8. The van der Waals surface area contributed by atoms with Crippen molar-refractivity contribution in [2.45, 2.75) is 5.16 Å². The van der Waals surface area contributed by atoms with Crippen molar-refractivity contribution in [3.63, 3.8) is 0 Å². The smallest absolute Gasteiger partial charge is 0.230 e. The fourth-order valence-corrected chi connectivity index (χ4v) is 3.54. The van der Waals surface area contributed by atoms with Crippen molar-refractivity contribution < 1.29 is 9.53 Å². The van der Waals surface area contributed by atoms with Crippen LogP contribution in [-0.2, 0) is 9.53 Å². The van der Waals surface area contributed by atoms with Gasteiger partial charge < -0.3 is 15.0 Å². The molecule has 0 bridgehead atoms. The van der Waals surface area contributed by atoms with Gasteiger partial charge in [-0.3, -0.25) is 9.69 Å². The molecule has 8 nitrogen and oxygen atoms in total. The zero-order valence-electron chi connectivity index (χ0n) is 14.3. The van der Waals surface area contributed by atoms with Gasteiger partial charge >= 0.3 is 0 Å². The van der Waals surface area contributed by atoms with Gasteiger partial charge in [0.05, 0.1) is 19.0 Å². The number of fused-ring (bicyclic) bond motifs is 3. The number of hydrogen-bond donors (Lipinski definition) is 2. The molecule has 0 spiro atoms. The average molecular weight is 372 g/mol. The molecule has 3 aromatic rings. The number of nitrogens with zero attached hydrogens (tertiary/aromatic N) is 4. The van der Waals surface area contributed by atoms with E-state index >= 15 is 0 Å². The third-order valence-corrected chi connectivity index (χ3v) is 5.13. The Morgan fingerprint density at radius 2 is 2.12 bits per heavy atom. The number of benzene rings is 1. The number of aromatic nitrogens is 4. The van der Waals surface area contributed by atoms with Crippen LogP contribution in [0.4, 0.5) is 0 Å². The monoisotopic (exact) mass is 372 g/mol. The van der Waals surface area contributed by atoms with Crippen LogP contribution in [-0.4, -0.2) is 76.1 Å². The molecule has 1 aromatic carbocycles. The molecule has 1 amide bonds. The number of amides is 1. The van der Waals surface area contributed by atoms with E-state index in [1.54, 1.807) is 0 Å². The molecule has 1 aliphatic heterocycles. The molecule has 26 heavy (non-hydrogen) atoms. The topological polar surface area (TPSA) is 96.0 Å². The van der Waals surface area contributed by atoms with E-state index in [-0.39, 0.29) is 11.7 Å². The Kier molecular flexibility index (Phi) is 5.28. The van der Waals surface area contributed by atoms with Crippen LogP contribution in [0.2, 0.25) is 0 Å². The summed E-state index contributed by atoms with van der Waals surface area (Å²) in [7, 11) is 0. The predicted octanol–water partition coefficient (Wildman–Crippen LogP) is 1.05. The third kappa shape index (κ3) is 3.95. The highest BCUT2D eigenvalue weighted by Crippen LogP contribution is 2.23. The lowest BCUT2D eigenvalue weighted by atomic mass is 10.2. The van der Waals surface area contributed by atoms with Gasteiger partial charge in [0.1, 0.15) is 5.52 Å². The van der Waals surface area contributed by atoms with Gasteiger partial charge in [0.15, 0.2) is 5.65 Å². The zero-order valence-corrected chi connectivity index (χ0v) is 15.1. The molecule has 0 aliphatic carbocycles. The fourth-order valence-electron chi connectivity index (χ4n) is 2.93. The number of rotatable bonds is 6. The van der Waals surface area contributed by atoms with Crippen LogP contribution in [0.5, 0.6) is 0 Å². The van der Waals surface area contributed by atoms with Crippen molar-refractivity contribution in [2.24, 2.45) is 0 Å². The molecule has 0 saturated carbocycles. The summed E-state index contributed by atoms with van der Waals surface area (Å²) < 4.78 is 5.31. The summed E-state index contributed by atoms with van der Waals surface area (Å²) in [5, 5.41) is 12.8. The SMILES string of the molecule is O=C(CSc1nnc2c(n1)[nH]c1ccccc12)NCCN1CCOCC1. The van der Waals surface area contributed by atoms with E-state index in [4.69, 9.17) is 4.74 Å². The van der Waals surface area contributed by atoms with E-state index in [1.165, 1.54) is 11.8 Å². The largest absolute Gasteiger partial charge is 0.379 e. The first-order valence-electron chi connectivity index (χ1n) is 8.60. The van der Waals surface area contributed by atoms with Gasteiger partial charge in [-0.15, -0.1) is 10.2 Å². The maximum Gasteiger partial charge on any atom is 0.230 e. The number of nitrogens with one attached hydrogen (secondary N) is 2. The van der Waals surface area contributed by atoms with E-state index < -0.39 is 0 Å². The lowest BCUT2D eigenvalue weighted by molar-refractivity contribution is -0.118. The first-order chi connectivity index (χ1) is 12.8. The summed E-state index contributed by atoms with van der Waals surface area (Å²) >= 11 is 1.29. The maximum absolute atomic E-state index is 12.0. The molecule has 3 heterocycles. The Bertz CT molecular complexity index is 909. The second-order valence-corrected chi connectivity index (χ2v) is 7.00. The van der Waals surface area contributed by atoms with Gasteiger partial charge in [-0.05, 0) is 6.07 Å². The number of carbonyl (C=O) groups is 1. The minimum atomic E-state index is -0.0244. The molecule has 1 saturated heterocycles. The first-order valence-corrected chi connectivity index (χ1v) is 9.59. The number of thioether (sulfide) groups is 1. The van der Waals surface area contributed by atoms with E-state index in [9.17, 15) is 4.79 Å². The molecule has 4 rings (SSSR count). The highest BCUT2D eigenvalue weighted by atomic mass is 32.2. The first kappa shape index (κ1) is 17.2. The highest BCUT2D eigenvalue weighted by Gasteiger charge is 2.12. The normalized spacial score (nSPS) is 15.5. The van der Waals surface area contributed by atoms with Crippen LogP contribution in [0.1, 0.15) is 0 Å². The van der Waals surface area contributed by atoms with E-state index in [0.29, 0.717) is 17.3 Å². The molecule has 0 unspecified atom stereocenters. The van der Waals surface area contributed by atoms with Crippen LogP contribution in [0.25, 0.3) is 22.1 Å². The van der Waals surface area contributed by atoms with Crippen molar-refractivity contribution in [3.05, 3.63) is 24.3 Å². The Labute approximate surface area is 154 Å². The Morgan fingerprint density at radius 3 is 3.00 bits per heavy atom. The van der Waals surface area contributed by atoms with Gasteiger partial charge in [-0.1, -0.05) is 30.0 Å². The van der Waals surface area contributed by atoms with Crippen LogP contribution >= 0.6 is 11.8 Å². The summed E-state index contributed by atoms with van der Waals surface area (Å²) in [6.07, 6.45) is 0. The van der Waals surface area contributed by atoms with Crippen LogP contribution < -0.4 is 5.32 Å². The molecule has 2 aromatic heterocycles. The molecule has 2 N–H and O–H groups in total. The molecule has 0 atom stereocenters. The maximum atomic E-state index is 12.0. The summed E-state index contributed by atoms with van der Waals surface area (Å²) in [5.74, 6) is 0.250. The number of H-pyrrole nitrogens is 1. The third-order valence-electron chi connectivity index (χ3n) is 4.29. The number of hydrogen-bond acceptors (Lipinski definition) is 7. The van der Waals surface area contributed by atoms with Crippen molar-refractivity contribution in [3.8, 4) is 0 Å². The Hall–Kier alpha value is -2.23. The van der Waals surface area contributed by atoms with Crippen molar-refractivity contribution in [1.29, 1.82) is 0 Å². The predicted molar refractivity (Wildman–Crippen MR) is 100 cm³/mol. The van der Waals surface area contributed by atoms with Crippen LogP contribution in [0.3, 0.4) is 0 Å². The van der Waals surface area contributed by atoms with Gasteiger partial charge in [-0.2, -0.15) is 0 Å². The molecule has 9 heteroatoms. The summed E-state index contributed by atoms with van der Waals surface area (Å²) in [6, 6.07) is 7.88. The van der Waals surface area contributed by atoms with Crippen LogP contribution in [0.15, 0.2) is 29.4 Å². The standard InChI is InChI=1S/C17H20N6O2S/c24-14(18-5-6-23-7-9-25-10-8-23)11-26-17-20-16-15(21-22-17)12-3-1-2-4-13(12)19-16/h1-4H,5-11H2,(H,18,24)(H,19,20,22). The van der Waals surface area contributed by atoms with Crippen molar-refractivity contribution in [1.82, 2.24) is 30.4 Å². The molecule has 136 valence electrons. The lowest BCUT2D eigenvalue weighted by Crippen LogP contribution is -2.41. The average Bonchev–Trinajstić information content (AvgIpc) is 3.05. The molecule has 1 fully saturated rings. The van der Waals surface area contributed by atoms with E-state index in [2.05, 4.69) is 30.4 Å². The van der Waals surface area contributed by atoms with E-state index in [1.807, 2.05) is 24.3 Å². The molecule has 0 radical (unpaired) electrons. The number of ether oxygens (including phenoxy) is 1. The van der Waals surface area contributed by atoms with Crippen molar-refractivity contribution >= 4 is 39.7 Å². The molecule has 1 aliphatic rings. The number of carbonyl (C=O) groups excluding carboxylic acids is 1. The molecular weight excluding hydrogens is 352 g/mol. The second kappa shape index (κ2) is 7.98. The van der Waals surface area contributed by atoms with Gasteiger partial charge in [-0.25, -0.2) is 4.98 Å². The second-order valence-electron chi connectivity index (χ2n) is 6.05. The fraction of sp³-hybridized carbons (Fsp3) is 0.412. The number of aromatic amines is 1. The Morgan fingerprint density at radius 1 is 1.27 bits per heavy atom. The lowest BCUT2D eigenvalue weighted by Gasteiger charge is -2.26. The number of morpholine rings is 1. The summed E-state index contributed by atoms with van der Waals surface area (Å²) in [4.78, 5) is 22.0. The van der Waals surface area contributed by atoms with Gasteiger partial charge in [0, 0.05) is 37.1 Å². The van der Waals surface area contributed by atoms with Crippen LogP contribution in [0, 0.1) is 0 Å². The van der Waals surface area contributed by atoms with E-state index in [0.717, 1.165) is 49.3 Å². The summed E-state index contributed by atoms with van der Waals surface area (Å²) in [5.41, 5.74) is 2.42.